The summed E-state index contributed by atoms with van der Waals surface area (Å²) in [6.07, 6.45) is 8.17. The van der Waals surface area contributed by atoms with E-state index in [9.17, 15) is 0 Å². The van der Waals surface area contributed by atoms with Crippen LogP contribution >= 0.6 is 12.6 Å². The molecule has 1 nitrogen and oxygen atoms in total. The molecule has 0 heterocycles. The molecule has 0 aliphatic heterocycles. The molecule has 0 aromatic carbocycles. The molecule has 1 fully saturated rings. The molecule has 0 amide bonds. The number of nitrogens with zero attached hydrogens (tertiary/aromatic N) is 1. The van der Waals surface area contributed by atoms with Gasteiger partial charge in [-0.25, -0.2) is 0 Å². The summed E-state index contributed by atoms with van der Waals surface area (Å²) in [5.74, 6) is 1.89. The molecule has 0 spiro atoms. The van der Waals surface area contributed by atoms with E-state index >= 15 is 0 Å². The van der Waals surface area contributed by atoms with Gasteiger partial charge in [0.2, 0.25) is 0 Å². The highest BCUT2D eigenvalue weighted by Gasteiger charge is 2.31. The van der Waals surface area contributed by atoms with Crippen LogP contribution in [0, 0.1) is 11.3 Å². The molecule has 0 aromatic rings. The summed E-state index contributed by atoms with van der Waals surface area (Å²) >= 11 is 4.60. The van der Waals surface area contributed by atoms with Gasteiger partial charge in [0, 0.05) is 12.6 Å². The third-order valence-electron chi connectivity index (χ3n) is 5.05. The maximum absolute atomic E-state index is 4.60. The van der Waals surface area contributed by atoms with E-state index in [2.05, 4.69) is 45.3 Å². The first-order valence-electron chi connectivity index (χ1n) is 7.39. The highest BCUT2D eigenvalue weighted by Crippen LogP contribution is 2.33. The van der Waals surface area contributed by atoms with Crippen LogP contribution in [-0.2, 0) is 0 Å². The second-order valence-corrected chi connectivity index (χ2v) is 6.43. The van der Waals surface area contributed by atoms with Crippen LogP contribution < -0.4 is 0 Å². The molecule has 1 aliphatic rings. The van der Waals surface area contributed by atoms with Gasteiger partial charge in [0.05, 0.1) is 0 Å². The van der Waals surface area contributed by atoms with E-state index in [1.165, 1.54) is 45.1 Å². The van der Waals surface area contributed by atoms with Crippen molar-refractivity contribution in [3.63, 3.8) is 0 Å². The third kappa shape index (κ3) is 3.89. The van der Waals surface area contributed by atoms with E-state index in [1.807, 2.05) is 0 Å². The van der Waals surface area contributed by atoms with Gasteiger partial charge in [0.25, 0.3) is 0 Å². The van der Waals surface area contributed by atoms with Gasteiger partial charge in [0.15, 0.2) is 0 Å². The second kappa shape index (κ2) is 7.04. The van der Waals surface area contributed by atoms with Crippen molar-refractivity contribution in [2.75, 3.05) is 19.3 Å². The smallest absolute Gasteiger partial charge is 0.0118 e. The topological polar surface area (TPSA) is 3.24 Å². The minimum absolute atomic E-state index is 0.426. The third-order valence-corrected chi connectivity index (χ3v) is 5.72. The molecule has 2 unspecified atom stereocenters. The summed E-state index contributed by atoms with van der Waals surface area (Å²) in [7, 11) is 2.33. The van der Waals surface area contributed by atoms with Gasteiger partial charge in [-0.3, -0.25) is 0 Å². The summed E-state index contributed by atoms with van der Waals surface area (Å²) in [6, 6.07) is 0.807. The molecule has 17 heavy (non-hydrogen) atoms. The summed E-state index contributed by atoms with van der Waals surface area (Å²) < 4.78 is 0. The first-order chi connectivity index (χ1) is 8.08. The lowest BCUT2D eigenvalue weighted by atomic mass is 9.80. The second-order valence-electron chi connectivity index (χ2n) is 6.11. The maximum Gasteiger partial charge on any atom is 0.0118 e. The molecule has 2 atom stereocenters. The lowest BCUT2D eigenvalue weighted by molar-refractivity contribution is 0.0885. The molecule has 0 N–H and O–H groups in total. The Bertz CT molecular complexity index is 205. The van der Waals surface area contributed by atoms with Gasteiger partial charge in [-0.15, -0.1) is 0 Å². The Kier molecular flexibility index (Phi) is 6.36. The zero-order chi connectivity index (χ0) is 12.9. The predicted octanol–water partition coefficient (Wildman–Crippen LogP) is 4.23. The van der Waals surface area contributed by atoms with Crippen LogP contribution in [0.4, 0.5) is 0 Å². The number of hydrogen-bond acceptors (Lipinski definition) is 2. The molecule has 0 radical (unpaired) electrons. The maximum atomic E-state index is 4.60. The number of thiol groups is 1. The number of hydrogen-bond donors (Lipinski definition) is 1. The van der Waals surface area contributed by atoms with Crippen LogP contribution in [0.2, 0.25) is 0 Å². The van der Waals surface area contributed by atoms with E-state index in [0.29, 0.717) is 5.41 Å². The van der Waals surface area contributed by atoms with Crippen molar-refractivity contribution in [1.29, 1.82) is 0 Å². The quantitative estimate of drug-likeness (QED) is 0.697. The van der Waals surface area contributed by atoms with E-state index < -0.39 is 0 Å². The Balaban J connectivity index is 2.59. The Morgan fingerprint density at radius 2 is 1.76 bits per heavy atom. The van der Waals surface area contributed by atoms with E-state index in [0.717, 1.165) is 17.7 Å². The lowest BCUT2D eigenvalue weighted by Crippen LogP contribution is -2.45. The van der Waals surface area contributed by atoms with Crippen molar-refractivity contribution < 1.29 is 0 Å². The van der Waals surface area contributed by atoms with Crippen LogP contribution in [0.1, 0.15) is 59.3 Å². The Labute approximate surface area is 114 Å². The van der Waals surface area contributed by atoms with E-state index in [1.54, 1.807) is 0 Å². The van der Waals surface area contributed by atoms with Crippen molar-refractivity contribution in [3.8, 4) is 0 Å². The molecule has 1 aliphatic carbocycles. The first-order valence-corrected chi connectivity index (χ1v) is 8.03. The molecular formula is C15H31NS. The van der Waals surface area contributed by atoms with Gasteiger partial charge in [-0.1, -0.05) is 33.6 Å². The van der Waals surface area contributed by atoms with Gasteiger partial charge < -0.3 is 4.90 Å². The zero-order valence-electron chi connectivity index (χ0n) is 12.2. The Morgan fingerprint density at radius 3 is 2.24 bits per heavy atom. The van der Waals surface area contributed by atoms with Gasteiger partial charge in [-0.2, -0.15) is 12.6 Å². The van der Waals surface area contributed by atoms with Crippen molar-refractivity contribution in [2.24, 2.45) is 11.3 Å². The Hall–Kier alpha value is 0.310. The monoisotopic (exact) mass is 257 g/mol. The SMILES string of the molecule is CCC(CC)(CS)CN(C)C1CCCCC1C. The number of rotatable bonds is 6. The van der Waals surface area contributed by atoms with Crippen molar-refractivity contribution >= 4 is 12.6 Å². The summed E-state index contributed by atoms with van der Waals surface area (Å²) in [5.41, 5.74) is 0.426. The van der Waals surface area contributed by atoms with E-state index in [-0.39, 0.29) is 0 Å². The predicted molar refractivity (Wildman–Crippen MR) is 80.9 cm³/mol. The average molecular weight is 257 g/mol. The fourth-order valence-electron chi connectivity index (χ4n) is 3.35. The highest BCUT2D eigenvalue weighted by atomic mass is 32.1. The minimum Gasteiger partial charge on any atom is -0.303 e. The molecule has 2 heteroatoms. The summed E-state index contributed by atoms with van der Waals surface area (Å²) in [6.45, 7) is 8.29. The van der Waals surface area contributed by atoms with Gasteiger partial charge in [-0.05, 0) is 49.8 Å². The normalized spacial score (nSPS) is 26.5. The van der Waals surface area contributed by atoms with Crippen molar-refractivity contribution in [2.45, 2.75) is 65.3 Å². The molecule has 0 bridgehead atoms. The van der Waals surface area contributed by atoms with Crippen molar-refractivity contribution in [1.82, 2.24) is 4.90 Å². The fourth-order valence-corrected chi connectivity index (χ4v) is 3.89. The summed E-state index contributed by atoms with van der Waals surface area (Å²) in [4.78, 5) is 2.63. The van der Waals surface area contributed by atoms with Crippen LogP contribution in [0.5, 0.6) is 0 Å². The average Bonchev–Trinajstić information content (AvgIpc) is 2.36. The molecule has 0 saturated heterocycles. The standard InChI is InChI=1S/C15H31NS/c1-5-15(6-2,12-17)11-16(4)14-10-8-7-9-13(14)3/h13-14,17H,5-12H2,1-4H3. The van der Waals surface area contributed by atoms with Crippen LogP contribution in [-0.4, -0.2) is 30.3 Å². The highest BCUT2D eigenvalue weighted by molar-refractivity contribution is 7.80. The van der Waals surface area contributed by atoms with Crippen LogP contribution in [0.3, 0.4) is 0 Å². The molecule has 1 saturated carbocycles. The molecule has 0 aromatic heterocycles. The first kappa shape index (κ1) is 15.4. The molecule has 1 rings (SSSR count). The lowest BCUT2D eigenvalue weighted by Gasteiger charge is -2.42. The fraction of sp³-hybridized carbons (Fsp3) is 1.00. The van der Waals surface area contributed by atoms with Crippen LogP contribution in [0.15, 0.2) is 0 Å². The zero-order valence-corrected chi connectivity index (χ0v) is 13.1. The van der Waals surface area contributed by atoms with Gasteiger partial charge in [0.1, 0.15) is 0 Å². The van der Waals surface area contributed by atoms with Crippen LogP contribution in [0.25, 0.3) is 0 Å². The summed E-state index contributed by atoms with van der Waals surface area (Å²) in [5, 5.41) is 0. The molecular weight excluding hydrogens is 226 g/mol. The van der Waals surface area contributed by atoms with Gasteiger partial charge >= 0.3 is 0 Å². The Morgan fingerprint density at radius 1 is 1.18 bits per heavy atom. The van der Waals surface area contributed by atoms with E-state index in [4.69, 9.17) is 0 Å². The van der Waals surface area contributed by atoms with Crippen molar-refractivity contribution in [3.05, 3.63) is 0 Å². The minimum atomic E-state index is 0.426. The molecule has 102 valence electrons. The largest absolute Gasteiger partial charge is 0.303 e.